The van der Waals surface area contributed by atoms with Crippen LogP contribution in [0.4, 0.5) is 11.5 Å². The largest absolute Gasteiger partial charge is 0.490 e. The van der Waals surface area contributed by atoms with Crippen molar-refractivity contribution in [3.8, 4) is 16.9 Å². The molecule has 5 rings (SSSR count). The molecule has 4 aromatic rings. The highest BCUT2D eigenvalue weighted by molar-refractivity contribution is 6.00. The molecule has 8 nitrogen and oxygen atoms in total. The molecule has 0 saturated carbocycles. The molecule has 1 N–H and O–H groups in total. The minimum absolute atomic E-state index is 0.233. The SMILES string of the molecule is CNC(=O)c1cc2cccnc2c(N2CCOc3cc(-c4cnn(C)c4)c(C)cc32)n1. The quantitative estimate of drug-likeness (QED) is 0.554. The van der Waals surface area contributed by atoms with Crippen molar-refractivity contribution in [1.29, 1.82) is 0 Å². The molecular weight excluding hydrogens is 392 g/mol. The van der Waals surface area contributed by atoms with Crippen LogP contribution in [0.5, 0.6) is 5.75 Å². The van der Waals surface area contributed by atoms with Gasteiger partial charge in [0.05, 0.1) is 18.4 Å². The molecule has 1 amide bonds. The van der Waals surface area contributed by atoms with Gasteiger partial charge < -0.3 is 15.0 Å². The highest BCUT2D eigenvalue weighted by Gasteiger charge is 2.25. The van der Waals surface area contributed by atoms with E-state index in [0.29, 0.717) is 24.7 Å². The zero-order valence-corrected chi connectivity index (χ0v) is 17.6. The van der Waals surface area contributed by atoms with Crippen molar-refractivity contribution in [2.45, 2.75) is 6.92 Å². The van der Waals surface area contributed by atoms with Crippen molar-refractivity contribution >= 4 is 28.3 Å². The Morgan fingerprint density at radius 2 is 2.13 bits per heavy atom. The molecule has 1 aliphatic heterocycles. The molecule has 3 aromatic heterocycles. The van der Waals surface area contributed by atoms with E-state index < -0.39 is 0 Å². The first kappa shape index (κ1) is 19.0. The van der Waals surface area contributed by atoms with E-state index in [1.54, 1.807) is 24.0 Å². The predicted octanol–water partition coefficient (Wildman–Crippen LogP) is 3.23. The van der Waals surface area contributed by atoms with Crippen molar-refractivity contribution in [3.63, 3.8) is 0 Å². The first-order valence-electron chi connectivity index (χ1n) is 10.1. The highest BCUT2D eigenvalue weighted by atomic mass is 16.5. The average Bonchev–Trinajstić information content (AvgIpc) is 3.23. The number of nitrogens with one attached hydrogen (secondary N) is 1. The Labute approximate surface area is 179 Å². The maximum atomic E-state index is 12.4. The number of aromatic nitrogens is 4. The molecule has 1 aliphatic rings. The van der Waals surface area contributed by atoms with E-state index in [4.69, 9.17) is 9.72 Å². The van der Waals surface area contributed by atoms with Gasteiger partial charge in [0.1, 0.15) is 23.6 Å². The maximum absolute atomic E-state index is 12.4. The van der Waals surface area contributed by atoms with Gasteiger partial charge in [-0.25, -0.2) is 4.98 Å². The van der Waals surface area contributed by atoms with Crippen molar-refractivity contribution < 1.29 is 9.53 Å². The molecule has 1 aromatic carbocycles. The Balaban J connectivity index is 1.68. The van der Waals surface area contributed by atoms with Crippen LogP contribution in [0.25, 0.3) is 22.0 Å². The summed E-state index contributed by atoms with van der Waals surface area (Å²) in [5.74, 6) is 1.19. The van der Waals surface area contributed by atoms with Crippen LogP contribution in [0.2, 0.25) is 0 Å². The summed E-state index contributed by atoms with van der Waals surface area (Å²) >= 11 is 0. The van der Waals surface area contributed by atoms with Crippen molar-refractivity contribution in [2.24, 2.45) is 7.05 Å². The fourth-order valence-corrected chi connectivity index (χ4v) is 3.96. The third-order valence-corrected chi connectivity index (χ3v) is 5.47. The molecule has 0 unspecified atom stereocenters. The number of amides is 1. The Morgan fingerprint density at radius 1 is 1.26 bits per heavy atom. The second kappa shape index (κ2) is 7.39. The van der Waals surface area contributed by atoms with Gasteiger partial charge in [-0.1, -0.05) is 6.07 Å². The second-order valence-electron chi connectivity index (χ2n) is 7.52. The zero-order valence-electron chi connectivity index (χ0n) is 17.6. The van der Waals surface area contributed by atoms with Crippen LogP contribution in [0, 0.1) is 6.92 Å². The molecule has 8 heteroatoms. The number of carbonyl (C=O) groups excluding carboxylic acids is 1. The molecule has 0 aliphatic carbocycles. The molecule has 0 radical (unpaired) electrons. The number of rotatable bonds is 3. The van der Waals surface area contributed by atoms with Gasteiger partial charge in [0.2, 0.25) is 0 Å². The van der Waals surface area contributed by atoms with Gasteiger partial charge in [-0.05, 0) is 42.3 Å². The lowest BCUT2D eigenvalue weighted by atomic mass is 10.0. The van der Waals surface area contributed by atoms with Gasteiger partial charge in [0, 0.05) is 37.4 Å². The molecular formula is C23H22N6O2. The number of nitrogens with zero attached hydrogens (tertiary/aromatic N) is 5. The number of fused-ring (bicyclic) bond motifs is 2. The number of carbonyl (C=O) groups is 1. The first-order valence-corrected chi connectivity index (χ1v) is 10.1. The predicted molar refractivity (Wildman–Crippen MR) is 119 cm³/mol. The van der Waals surface area contributed by atoms with Gasteiger partial charge in [-0.3, -0.25) is 14.5 Å². The van der Waals surface area contributed by atoms with Crippen LogP contribution in [0.15, 0.2) is 48.9 Å². The lowest BCUT2D eigenvalue weighted by Gasteiger charge is -2.32. The Kier molecular flexibility index (Phi) is 4.54. The standard InChI is InChI=1S/C23H22N6O2/c1-14-9-19-20(11-17(14)16-12-26-28(3)13-16)31-8-7-29(19)22-21-15(5-4-6-25-21)10-18(27-22)23(30)24-2/h4-6,9-13H,7-8H2,1-3H3,(H,24,30). The van der Waals surface area contributed by atoms with Crippen molar-refractivity contribution in [1.82, 2.24) is 25.1 Å². The van der Waals surface area contributed by atoms with E-state index in [0.717, 1.165) is 39.0 Å². The molecule has 31 heavy (non-hydrogen) atoms. The second-order valence-corrected chi connectivity index (χ2v) is 7.52. The smallest absolute Gasteiger partial charge is 0.269 e. The summed E-state index contributed by atoms with van der Waals surface area (Å²) in [7, 11) is 3.50. The minimum Gasteiger partial charge on any atom is -0.490 e. The summed E-state index contributed by atoms with van der Waals surface area (Å²) in [5.41, 5.74) is 5.22. The Morgan fingerprint density at radius 3 is 2.90 bits per heavy atom. The van der Waals surface area contributed by atoms with Crippen molar-refractivity contribution in [3.05, 3.63) is 60.2 Å². The molecule has 0 fully saturated rings. The topological polar surface area (TPSA) is 85.2 Å². The van der Waals surface area contributed by atoms with Gasteiger partial charge in [0.25, 0.3) is 5.91 Å². The summed E-state index contributed by atoms with van der Waals surface area (Å²) in [5, 5.41) is 7.81. The first-order chi connectivity index (χ1) is 15.0. The number of anilines is 2. The summed E-state index contributed by atoms with van der Waals surface area (Å²) in [6.07, 6.45) is 5.58. The van der Waals surface area contributed by atoms with Gasteiger partial charge >= 0.3 is 0 Å². The zero-order chi connectivity index (χ0) is 21.5. The normalized spacial score (nSPS) is 13.1. The lowest BCUT2D eigenvalue weighted by Crippen LogP contribution is -2.30. The third kappa shape index (κ3) is 3.26. The summed E-state index contributed by atoms with van der Waals surface area (Å²) < 4.78 is 7.80. The Hall–Kier alpha value is -3.94. The third-order valence-electron chi connectivity index (χ3n) is 5.47. The molecule has 0 saturated heterocycles. The van der Waals surface area contributed by atoms with E-state index in [2.05, 4.69) is 33.3 Å². The van der Waals surface area contributed by atoms with Crippen LogP contribution in [-0.4, -0.2) is 45.9 Å². The van der Waals surface area contributed by atoms with E-state index >= 15 is 0 Å². The van der Waals surface area contributed by atoms with Gasteiger partial charge in [0.15, 0.2) is 5.82 Å². The van der Waals surface area contributed by atoms with Crippen LogP contribution in [0.3, 0.4) is 0 Å². The van der Waals surface area contributed by atoms with E-state index in [1.165, 1.54) is 0 Å². The summed E-state index contributed by atoms with van der Waals surface area (Å²) in [6.45, 7) is 3.18. The number of hydrogen-bond donors (Lipinski definition) is 1. The molecule has 156 valence electrons. The average molecular weight is 414 g/mol. The van der Waals surface area contributed by atoms with Crippen LogP contribution >= 0.6 is 0 Å². The van der Waals surface area contributed by atoms with E-state index in [1.807, 2.05) is 37.6 Å². The van der Waals surface area contributed by atoms with Crippen LogP contribution < -0.4 is 15.0 Å². The van der Waals surface area contributed by atoms with Crippen LogP contribution in [0.1, 0.15) is 16.1 Å². The summed E-state index contributed by atoms with van der Waals surface area (Å²) in [6, 6.07) is 9.71. The van der Waals surface area contributed by atoms with E-state index in [9.17, 15) is 4.79 Å². The highest BCUT2D eigenvalue weighted by Crippen LogP contribution is 2.42. The number of benzene rings is 1. The number of pyridine rings is 2. The monoisotopic (exact) mass is 414 g/mol. The number of aryl methyl sites for hydroxylation is 2. The Bertz CT molecular complexity index is 1310. The lowest BCUT2D eigenvalue weighted by molar-refractivity contribution is 0.0958. The number of hydrogen-bond acceptors (Lipinski definition) is 6. The fraction of sp³-hybridized carbons (Fsp3) is 0.217. The maximum Gasteiger partial charge on any atom is 0.269 e. The number of ether oxygens (including phenoxy) is 1. The summed E-state index contributed by atoms with van der Waals surface area (Å²) in [4.78, 5) is 23.7. The van der Waals surface area contributed by atoms with Crippen LogP contribution in [-0.2, 0) is 7.05 Å². The van der Waals surface area contributed by atoms with E-state index in [-0.39, 0.29) is 5.91 Å². The fourth-order valence-electron chi connectivity index (χ4n) is 3.96. The van der Waals surface area contributed by atoms with Gasteiger partial charge in [-0.15, -0.1) is 0 Å². The molecule has 0 atom stereocenters. The molecule has 4 heterocycles. The minimum atomic E-state index is -0.233. The molecule has 0 spiro atoms. The van der Waals surface area contributed by atoms with Gasteiger partial charge in [-0.2, -0.15) is 5.10 Å². The van der Waals surface area contributed by atoms with Crippen molar-refractivity contribution in [2.75, 3.05) is 25.1 Å². The molecule has 0 bridgehead atoms.